The minimum Gasteiger partial charge on any atom is -0.494 e. The Morgan fingerprint density at radius 2 is 2.00 bits per heavy atom. The van der Waals surface area contributed by atoms with Crippen LogP contribution in [0, 0.1) is 2.88 Å². The van der Waals surface area contributed by atoms with E-state index in [0.717, 1.165) is 16.9 Å². The van der Waals surface area contributed by atoms with E-state index >= 15 is 0 Å². The molecule has 1 heterocycles. The smallest absolute Gasteiger partial charge is 0.119 e. The molecule has 0 saturated carbocycles. The number of halogens is 1. The van der Waals surface area contributed by atoms with Crippen molar-refractivity contribution >= 4 is 33.9 Å². The average molecular weight is 360 g/mol. The molecule has 0 aliphatic carbocycles. The van der Waals surface area contributed by atoms with E-state index in [1.807, 2.05) is 42.6 Å². The highest BCUT2D eigenvalue weighted by atomic mass is 127. The number of hydrogen-bond acceptors (Lipinski definition) is 3. The number of thiophene rings is 1. The average Bonchev–Trinajstić information content (AvgIpc) is 2.76. The van der Waals surface area contributed by atoms with Crippen molar-refractivity contribution in [2.75, 3.05) is 6.61 Å². The molecule has 17 heavy (non-hydrogen) atoms. The van der Waals surface area contributed by atoms with Gasteiger partial charge in [0.05, 0.1) is 9.49 Å². The molecule has 1 aromatic heterocycles. The summed E-state index contributed by atoms with van der Waals surface area (Å²) in [4.78, 5) is 0. The molecule has 0 fully saturated rings. The van der Waals surface area contributed by atoms with Gasteiger partial charge in [-0.25, -0.2) is 0 Å². The van der Waals surface area contributed by atoms with E-state index in [9.17, 15) is 5.11 Å². The molecule has 1 atom stereocenters. The molecule has 2 rings (SSSR count). The Bertz CT molecular complexity index is 478. The highest BCUT2D eigenvalue weighted by molar-refractivity contribution is 14.1. The summed E-state index contributed by atoms with van der Waals surface area (Å²) in [7, 11) is 0. The van der Waals surface area contributed by atoms with Crippen LogP contribution in [0.2, 0.25) is 0 Å². The van der Waals surface area contributed by atoms with Gasteiger partial charge in [0.15, 0.2) is 0 Å². The second-order valence-electron chi connectivity index (χ2n) is 3.59. The van der Waals surface area contributed by atoms with Gasteiger partial charge in [-0.15, -0.1) is 11.3 Å². The molecule has 0 radical (unpaired) electrons. The molecule has 2 aromatic rings. The Balaban J connectivity index is 2.16. The van der Waals surface area contributed by atoms with Gasteiger partial charge in [-0.05, 0) is 64.2 Å². The largest absolute Gasteiger partial charge is 0.494 e. The van der Waals surface area contributed by atoms with Crippen molar-refractivity contribution in [3.8, 4) is 5.75 Å². The van der Waals surface area contributed by atoms with Gasteiger partial charge in [-0.3, -0.25) is 0 Å². The van der Waals surface area contributed by atoms with E-state index in [4.69, 9.17) is 4.74 Å². The summed E-state index contributed by atoms with van der Waals surface area (Å²) in [5.41, 5.74) is 1.84. The lowest BCUT2D eigenvalue weighted by molar-refractivity contribution is 0.220. The van der Waals surface area contributed by atoms with E-state index in [2.05, 4.69) is 22.6 Å². The van der Waals surface area contributed by atoms with Crippen LogP contribution in [0.1, 0.15) is 24.2 Å². The van der Waals surface area contributed by atoms with Crippen molar-refractivity contribution in [3.05, 3.63) is 49.7 Å². The maximum absolute atomic E-state index is 10.2. The number of ether oxygens (including phenoxy) is 1. The number of hydrogen-bond donors (Lipinski definition) is 1. The van der Waals surface area contributed by atoms with Crippen LogP contribution in [-0.4, -0.2) is 11.7 Å². The van der Waals surface area contributed by atoms with Crippen LogP contribution in [0.5, 0.6) is 5.75 Å². The Morgan fingerprint density at radius 3 is 2.53 bits per heavy atom. The first-order valence-corrected chi connectivity index (χ1v) is 7.31. The lowest BCUT2D eigenvalue weighted by Gasteiger charge is -2.10. The third-order valence-electron chi connectivity index (χ3n) is 2.41. The maximum atomic E-state index is 10.2. The molecule has 0 amide bonds. The quantitative estimate of drug-likeness (QED) is 0.840. The normalized spacial score (nSPS) is 12.4. The summed E-state index contributed by atoms with van der Waals surface area (Å²) in [6.07, 6.45) is -0.551. The van der Waals surface area contributed by atoms with Gasteiger partial charge in [0.1, 0.15) is 11.9 Å². The third kappa shape index (κ3) is 3.20. The van der Waals surface area contributed by atoms with E-state index in [-0.39, 0.29) is 0 Å². The van der Waals surface area contributed by atoms with E-state index in [0.29, 0.717) is 6.61 Å². The van der Waals surface area contributed by atoms with Crippen LogP contribution in [0.3, 0.4) is 0 Å². The van der Waals surface area contributed by atoms with Gasteiger partial charge in [0.2, 0.25) is 0 Å². The second-order valence-corrected chi connectivity index (χ2v) is 6.39. The molecule has 4 heteroatoms. The highest BCUT2D eigenvalue weighted by Crippen LogP contribution is 2.28. The Labute approximate surface area is 118 Å². The highest BCUT2D eigenvalue weighted by Gasteiger charge is 2.11. The first-order chi connectivity index (χ1) is 8.20. The molecule has 0 bridgehead atoms. The topological polar surface area (TPSA) is 29.5 Å². The van der Waals surface area contributed by atoms with Gasteiger partial charge in [-0.1, -0.05) is 12.1 Å². The Hall–Kier alpha value is -0.590. The minimum absolute atomic E-state index is 0.551. The molecule has 0 aliphatic heterocycles. The molecule has 0 saturated heterocycles. The molecule has 2 nitrogen and oxygen atoms in total. The van der Waals surface area contributed by atoms with Crippen molar-refractivity contribution in [1.82, 2.24) is 0 Å². The molecule has 0 spiro atoms. The summed E-state index contributed by atoms with van der Waals surface area (Å²) in [5.74, 6) is 0.836. The predicted octanol–water partition coefficient (Wildman–Crippen LogP) is 3.83. The Morgan fingerprint density at radius 1 is 1.29 bits per heavy atom. The molecule has 1 aromatic carbocycles. The molecule has 1 N–H and O–H groups in total. The van der Waals surface area contributed by atoms with Gasteiger partial charge in [0.25, 0.3) is 0 Å². The lowest BCUT2D eigenvalue weighted by Crippen LogP contribution is -1.98. The van der Waals surface area contributed by atoms with Gasteiger partial charge >= 0.3 is 0 Å². The van der Waals surface area contributed by atoms with Gasteiger partial charge < -0.3 is 9.84 Å². The van der Waals surface area contributed by atoms with Crippen LogP contribution in [0.4, 0.5) is 0 Å². The molecule has 0 aliphatic rings. The maximum Gasteiger partial charge on any atom is 0.119 e. The standard InChI is InChI=1S/C13H13IO2S/c1-2-16-11-5-3-9(4-6-11)13(15)10-7-12(14)17-8-10/h3-8,13,15H,2H2,1H3. The predicted molar refractivity (Wildman–Crippen MR) is 78.7 cm³/mol. The van der Waals surface area contributed by atoms with E-state index < -0.39 is 6.10 Å². The summed E-state index contributed by atoms with van der Waals surface area (Å²) in [6, 6.07) is 9.59. The fraction of sp³-hybridized carbons (Fsp3) is 0.231. The van der Waals surface area contributed by atoms with Crippen molar-refractivity contribution in [2.45, 2.75) is 13.0 Å². The Kier molecular flexibility index (Phi) is 4.42. The monoisotopic (exact) mass is 360 g/mol. The van der Waals surface area contributed by atoms with Crippen molar-refractivity contribution in [2.24, 2.45) is 0 Å². The minimum atomic E-state index is -0.551. The van der Waals surface area contributed by atoms with Gasteiger partial charge in [-0.2, -0.15) is 0 Å². The number of aliphatic hydroxyl groups excluding tert-OH is 1. The zero-order valence-corrected chi connectivity index (χ0v) is 12.4. The van der Waals surface area contributed by atoms with Crippen LogP contribution < -0.4 is 4.74 Å². The molecule has 90 valence electrons. The molecular formula is C13H13IO2S. The number of aliphatic hydroxyl groups is 1. The lowest BCUT2D eigenvalue weighted by atomic mass is 10.0. The van der Waals surface area contributed by atoms with Crippen LogP contribution >= 0.6 is 33.9 Å². The first-order valence-electron chi connectivity index (χ1n) is 5.35. The van der Waals surface area contributed by atoms with Crippen LogP contribution in [-0.2, 0) is 0 Å². The van der Waals surface area contributed by atoms with Crippen LogP contribution in [0.15, 0.2) is 35.7 Å². The fourth-order valence-electron chi connectivity index (χ4n) is 1.57. The van der Waals surface area contributed by atoms with Gasteiger partial charge in [0, 0.05) is 0 Å². The number of rotatable bonds is 4. The number of benzene rings is 1. The van der Waals surface area contributed by atoms with Crippen LogP contribution in [0.25, 0.3) is 0 Å². The zero-order chi connectivity index (χ0) is 12.3. The van der Waals surface area contributed by atoms with Crippen molar-refractivity contribution in [1.29, 1.82) is 0 Å². The van der Waals surface area contributed by atoms with Crippen molar-refractivity contribution < 1.29 is 9.84 Å². The van der Waals surface area contributed by atoms with Crippen molar-refractivity contribution in [3.63, 3.8) is 0 Å². The van der Waals surface area contributed by atoms with E-state index in [1.165, 1.54) is 2.88 Å². The molecular weight excluding hydrogens is 347 g/mol. The summed E-state index contributed by atoms with van der Waals surface area (Å²) < 4.78 is 6.55. The molecule has 1 unspecified atom stereocenters. The van der Waals surface area contributed by atoms with E-state index in [1.54, 1.807) is 11.3 Å². The SMILES string of the molecule is CCOc1ccc(C(O)c2csc(I)c2)cc1. The summed E-state index contributed by atoms with van der Waals surface area (Å²) in [6.45, 7) is 2.61. The third-order valence-corrected chi connectivity index (χ3v) is 4.22. The first kappa shape index (κ1) is 12.9. The summed E-state index contributed by atoms with van der Waals surface area (Å²) in [5, 5.41) is 12.2. The summed E-state index contributed by atoms with van der Waals surface area (Å²) >= 11 is 3.90. The second kappa shape index (κ2) is 5.84. The fourth-order valence-corrected chi connectivity index (χ4v) is 2.96. The zero-order valence-electron chi connectivity index (χ0n) is 9.39.